The van der Waals surface area contributed by atoms with Crippen LogP contribution in [0.1, 0.15) is 0 Å². The number of H-pyrrole nitrogens is 2. The summed E-state index contributed by atoms with van der Waals surface area (Å²) in [7, 11) is 0. The fourth-order valence-electron chi connectivity index (χ4n) is 0.814. The number of nitrogens with one attached hydrogen (secondary N) is 2. The molecule has 0 unspecified atom stereocenters. The zero-order chi connectivity index (χ0) is 7.68. The lowest BCUT2D eigenvalue weighted by atomic mass is 10.6. The van der Waals surface area contributed by atoms with Gasteiger partial charge in [0.2, 0.25) is 0 Å². The molecule has 0 aliphatic heterocycles. The van der Waals surface area contributed by atoms with Crippen LogP contribution in [-0.4, -0.2) is 19.9 Å². The molecule has 0 aliphatic carbocycles. The van der Waals surface area contributed by atoms with Crippen LogP contribution < -0.4 is 0 Å². The van der Waals surface area contributed by atoms with Gasteiger partial charge in [-0.3, -0.25) is 0 Å². The lowest BCUT2D eigenvalue weighted by Crippen LogP contribution is -1.81. The van der Waals surface area contributed by atoms with Crippen molar-refractivity contribution in [3.05, 3.63) is 23.7 Å². The monoisotopic (exact) mass is 168 g/mol. The number of hydrogen-bond donors (Lipinski definition) is 2. The van der Waals surface area contributed by atoms with Crippen molar-refractivity contribution in [2.45, 2.75) is 0 Å². The minimum Gasteiger partial charge on any atom is -0.342 e. The summed E-state index contributed by atoms with van der Waals surface area (Å²) in [4.78, 5) is 13.7. The molecule has 0 atom stereocenters. The van der Waals surface area contributed by atoms with Crippen LogP contribution in [0.3, 0.4) is 0 Å². The number of halogens is 1. The van der Waals surface area contributed by atoms with Gasteiger partial charge < -0.3 is 9.97 Å². The van der Waals surface area contributed by atoms with Crippen LogP contribution in [0.25, 0.3) is 11.6 Å². The summed E-state index contributed by atoms with van der Waals surface area (Å²) in [5, 5.41) is 0.511. The first kappa shape index (κ1) is 6.42. The van der Waals surface area contributed by atoms with Crippen LogP contribution in [0.5, 0.6) is 0 Å². The van der Waals surface area contributed by atoms with Crippen molar-refractivity contribution in [2.75, 3.05) is 0 Å². The third-order valence-electron chi connectivity index (χ3n) is 1.27. The van der Waals surface area contributed by atoms with Crippen LogP contribution in [-0.2, 0) is 0 Å². The van der Waals surface area contributed by atoms with Crippen molar-refractivity contribution in [3.8, 4) is 11.6 Å². The predicted octanol–water partition coefficient (Wildman–Crippen LogP) is 1.45. The Balaban J connectivity index is 2.45. The molecule has 0 aromatic carbocycles. The Morgan fingerprint density at radius 1 is 1.27 bits per heavy atom. The number of aromatic amines is 2. The van der Waals surface area contributed by atoms with Crippen LogP contribution in [0, 0.1) is 0 Å². The molecule has 11 heavy (non-hydrogen) atoms. The summed E-state index contributed by atoms with van der Waals surface area (Å²) in [6, 6.07) is 0. The van der Waals surface area contributed by atoms with E-state index in [2.05, 4.69) is 19.9 Å². The zero-order valence-electron chi connectivity index (χ0n) is 5.50. The minimum atomic E-state index is 0.511. The molecule has 0 amide bonds. The second-order valence-electron chi connectivity index (χ2n) is 2.02. The lowest BCUT2D eigenvalue weighted by Gasteiger charge is -1.85. The van der Waals surface area contributed by atoms with E-state index >= 15 is 0 Å². The van der Waals surface area contributed by atoms with Gasteiger partial charge in [-0.15, -0.1) is 0 Å². The number of nitrogens with zero attached hydrogens (tertiary/aromatic N) is 2. The summed E-state index contributed by atoms with van der Waals surface area (Å²) in [5.41, 5.74) is 0. The van der Waals surface area contributed by atoms with E-state index in [1.807, 2.05) is 0 Å². The average Bonchev–Trinajstić information content (AvgIpc) is 2.55. The Hall–Kier alpha value is -1.29. The van der Waals surface area contributed by atoms with E-state index in [-0.39, 0.29) is 0 Å². The largest absolute Gasteiger partial charge is 0.342 e. The topological polar surface area (TPSA) is 57.4 Å². The first-order chi connectivity index (χ1) is 5.36. The first-order valence-electron chi connectivity index (χ1n) is 3.06. The fraction of sp³-hybridized carbons (Fsp3) is 0. The molecule has 0 aliphatic rings. The first-order valence-corrected chi connectivity index (χ1v) is 3.44. The number of aromatic nitrogens is 4. The Bertz CT molecular complexity index is 337. The van der Waals surface area contributed by atoms with E-state index in [1.165, 1.54) is 0 Å². The van der Waals surface area contributed by atoms with Crippen molar-refractivity contribution in [1.29, 1.82) is 0 Å². The van der Waals surface area contributed by atoms with E-state index in [0.29, 0.717) is 16.8 Å². The van der Waals surface area contributed by atoms with E-state index in [9.17, 15) is 0 Å². The number of hydrogen-bond acceptors (Lipinski definition) is 2. The molecule has 0 fully saturated rings. The summed E-state index contributed by atoms with van der Waals surface area (Å²) in [5.74, 6) is 1.34. The van der Waals surface area contributed by atoms with Crippen molar-refractivity contribution >= 4 is 11.6 Å². The van der Waals surface area contributed by atoms with Gasteiger partial charge in [0, 0.05) is 12.4 Å². The van der Waals surface area contributed by atoms with Gasteiger partial charge in [-0.1, -0.05) is 11.6 Å². The molecular formula is C6H5ClN4. The quantitative estimate of drug-likeness (QED) is 0.677. The van der Waals surface area contributed by atoms with Crippen molar-refractivity contribution in [1.82, 2.24) is 19.9 Å². The van der Waals surface area contributed by atoms with Crippen LogP contribution in [0.15, 0.2) is 18.6 Å². The molecule has 0 spiro atoms. The number of imidazole rings is 2. The molecule has 0 radical (unpaired) electrons. The summed E-state index contributed by atoms with van der Waals surface area (Å²) in [6.45, 7) is 0. The molecule has 56 valence electrons. The zero-order valence-corrected chi connectivity index (χ0v) is 6.26. The van der Waals surface area contributed by atoms with Gasteiger partial charge in [0.05, 0.1) is 6.20 Å². The molecule has 2 aromatic rings. The highest BCUT2D eigenvalue weighted by molar-refractivity contribution is 6.29. The van der Waals surface area contributed by atoms with Gasteiger partial charge in [-0.2, -0.15) is 0 Å². The molecule has 2 heterocycles. The second kappa shape index (κ2) is 2.39. The Morgan fingerprint density at radius 3 is 2.73 bits per heavy atom. The van der Waals surface area contributed by atoms with E-state index in [1.54, 1.807) is 18.6 Å². The highest BCUT2D eigenvalue weighted by atomic mass is 35.5. The van der Waals surface area contributed by atoms with Gasteiger partial charge in [-0.25, -0.2) is 9.97 Å². The summed E-state index contributed by atoms with van der Waals surface area (Å²) >= 11 is 5.62. The molecule has 0 bridgehead atoms. The molecule has 0 saturated carbocycles. The average molecular weight is 169 g/mol. The standard InChI is InChI=1S/C6H5ClN4/c7-4-3-10-6(11-4)5-8-1-2-9-5/h1-3H,(H,8,9)(H,10,11). The second-order valence-corrected chi connectivity index (χ2v) is 2.42. The van der Waals surface area contributed by atoms with Crippen molar-refractivity contribution < 1.29 is 0 Å². The number of rotatable bonds is 1. The minimum absolute atomic E-state index is 0.511. The fourth-order valence-corrected chi connectivity index (χ4v) is 0.952. The van der Waals surface area contributed by atoms with Gasteiger partial charge in [0.25, 0.3) is 0 Å². The SMILES string of the molecule is Clc1cnc(-c2ncc[nH]2)[nH]1. The van der Waals surface area contributed by atoms with Crippen LogP contribution >= 0.6 is 11.6 Å². The molecular weight excluding hydrogens is 164 g/mol. The molecule has 2 rings (SSSR count). The Kier molecular flexibility index (Phi) is 1.40. The molecule has 2 N–H and O–H groups in total. The maximum absolute atomic E-state index is 5.62. The van der Waals surface area contributed by atoms with E-state index in [0.717, 1.165) is 0 Å². The Labute approximate surface area is 67.6 Å². The molecule has 2 aromatic heterocycles. The van der Waals surface area contributed by atoms with Gasteiger partial charge in [-0.05, 0) is 0 Å². The Morgan fingerprint density at radius 2 is 2.18 bits per heavy atom. The maximum Gasteiger partial charge on any atom is 0.174 e. The van der Waals surface area contributed by atoms with Gasteiger partial charge in [0.15, 0.2) is 11.6 Å². The molecule has 5 heteroatoms. The maximum atomic E-state index is 5.62. The smallest absolute Gasteiger partial charge is 0.174 e. The highest BCUT2D eigenvalue weighted by Gasteiger charge is 2.02. The van der Waals surface area contributed by atoms with E-state index < -0.39 is 0 Å². The van der Waals surface area contributed by atoms with Crippen LogP contribution in [0.4, 0.5) is 0 Å². The van der Waals surface area contributed by atoms with Crippen LogP contribution in [0.2, 0.25) is 5.15 Å². The third-order valence-corrected chi connectivity index (χ3v) is 1.46. The van der Waals surface area contributed by atoms with E-state index in [4.69, 9.17) is 11.6 Å². The molecule has 4 nitrogen and oxygen atoms in total. The summed E-state index contributed by atoms with van der Waals surface area (Å²) in [6.07, 6.45) is 4.93. The van der Waals surface area contributed by atoms with Crippen molar-refractivity contribution in [3.63, 3.8) is 0 Å². The third kappa shape index (κ3) is 1.12. The predicted molar refractivity (Wildman–Crippen MR) is 41.2 cm³/mol. The normalized spacial score (nSPS) is 10.3. The summed E-state index contributed by atoms with van der Waals surface area (Å²) < 4.78 is 0. The molecule has 0 saturated heterocycles. The lowest BCUT2D eigenvalue weighted by molar-refractivity contribution is 1.20. The van der Waals surface area contributed by atoms with Crippen molar-refractivity contribution in [2.24, 2.45) is 0 Å². The highest BCUT2D eigenvalue weighted by Crippen LogP contribution is 2.11. The van der Waals surface area contributed by atoms with Gasteiger partial charge >= 0.3 is 0 Å². The van der Waals surface area contributed by atoms with Gasteiger partial charge in [0.1, 0.15) is 5.15 Å².